The number of piperidine rings is 1. The predicted molar refractivity (Wildman–Crippen MR) is 64.6 cm³/mol. The van der Waals surface area contributed by atoms with E-state index < -0.39 is 0 Å². The van der Waals surface area contributed by atoms with Crippen LogP contribution in [0.15, 0.2) is 12.4 Å². The molecule has 1 aliphatic carbocycles. The van der Waals surface area contributed by atoms with Gasteiger partial charge in [-0.3, -0.25) is 0 Å². The van der Waals surface area contributed by atoms with Crippen molar-refractivity contribution in [3.8, 4) is 0 Å². The number of nitrogens with zero attached hydrogens (tertiary/aromatic N) is 3. The quantitative estimate of drug-likeness (QED) is 0.791. The molecule has 1 aromatic rings. The maximum Gasteiger partial charge on any atom is 0.225 e. The molecule has 3 rings (SSSR count). The van der Waals surface area contributed by atoms with Gasteiger partial charge >= 0.3 is 0 Å². The van der Waals surface area contributed by atoms with Gasteiger partial charge in [-0.2, -0.15) is 0 Å². The van der Waals surface area contributed by atoms with E-state index >= 15 is 0 Å². The van der Waals surface area contributed by atoms with Crippen LogP contribution < -0.4 is 4.90 Å². The smallest absolute Gasteiger partial charge is 0.225 e. The molecular weight excluding hydrogens is 222 g/mol. The standard InChI is InChI=1S/C12H16ClN3/c1-7(2)11-9-5-16(6-10(9)11)12-14-3-8(13)4-15-12/h3-4,7,9-11H,5-6H2,1-2H3. The Kier molecular flexibility index (Phi) is 2.32. The number of hydrogen-bond acceptors (Lipinski definition) is 3. The lowest BCUT2D eigenvalue weighted by Gasteiger charge is -2.20. The third kappa shape index (κ3) is 1.58. The van der Waals surface area contributed by atoms with Crippen LogP contribution in [0.1, 0.15) is 13.8 Å². The lowest BCUT2D eigenvalue weighted by Crippen LogP contribution is -2.26. The van der Waals surface area contributed by atoms with Gasteiger partial charge in [-0.1, -0.05) is 25.4 Å². The van der Waals surface area contributed by atoms with E-state index in [0.717, 1.165) is 42.7 Å². The molecule has 2 heterocycles. The van der Waals surface area contributed by atoms with Gasteiger partial charge in [0, 0.05) is 13.1 Å². The van der Waals surface area contributed by atoms with Crippen LogP contribution in [0.4, 0.5) is 5.95 Å². The number of hydrogen-bond donors (Lipinski definition) is 0. The molecular formula is C12H16ClN3. The van der Waals surface area contributed by atoms with Gasteiger partial charge in [-0.15, -0.1) is 0 Å². The first-order chi connectivity index (χ1) is 7.66. The molecule has 1 saturated carbocycles. The number of rotatable bonds is 2. The molecule has 0 bridgehead atoms. The molecule has 86 valence electrons. The van der Waals surface area contributed by atoms with Gasteiger partial charge in [0.2, 0.25) is 5.95 Å². The largest absolute Gasteiger partial charge is 0.340 e. The Morgan fingerprint density at radius 3 is 2.31 bits per heavy atom. The number of halogens is 1. The average Bonchev–Trinajstić information content (AvgIpc) is 2.77. The Bertz CT molecular complexity index is 378. The third-order valence-electron chi connectivity index (χ3n) is 3.92. The molecule has 2 aliphatic rings. The Balaban J connectivity index is 1.67. The van der Waals surface area contributed by atoms with E-state index in [1.165, 1.54) is 0 Å². The molecule has 0 radical (unpaired) electrons. The van der Waals surface area contributed by atoms with Gasteiger partial charge in [0.05, 0.1) is 17.4 Å². The molecule has 16 heavy (non-hydrogen) atoms. The number of anilines is 1. The molecule has 1 saturated heterocycles. The highest BCUT2D eigenvalue weighted by Gasteiger charge is 2.56. The summed E-state index contributed by atoms with van der Waals surface area (Å²) < 4.78 is 0. The maximum atomic E-state index is 5.78. The van der Waals surface area contributed by atoms with E-state index in [1.54, 1.807) is 12.4 Å². The molecule has 2 fully saturated rings. The molecule has 0 aromatic carbocycles. The van der Waals surface area contributed by atoms with Gasteiger partial charge in [-0.05, 0) is 23.7 Å². The van der Waals surface area contributed by atoms with Gasteiger partial charge in [0.25, 0.3) is 0 Å². The fourth-order valence-electron chi connectivity index (χ4n) is 3.19. The minimum atomic E-state index is 0.605. The van der Waals surface area contributed by atoms with E-state index in [4.69, 9.17) is 11.6 Å². The van der Waals surface area contributed by atoms with Crippen LogP contribution >= 0.6 is 11.6 Å². The van der Waals surface area contributed by atoms with Gasteiger partial charge in [0.1, 0.15) is 0 Å². The van der Waals surface area contributed by atoms with E-state index in [9.17, 15) is 0 Å². The average molecular weight is 238 g/mol. The zero-order chi connectivity index (χ0) is 11.3. The molecule has 1 aromatic heterocycles. The molecule has 3 nitrogen and oxygen atoms in total. The Labute approximate surface area is 101 Å². The monoisotopic (exact) mass is 237 g/mol. The van der Waals surface area contributed by atoms with Crippen molar-refractivity contribution < 1.29 is 0 Å². The minimum absolute atomic E-state index is 0.605. The van der Waals surface area contributed by atoms with Crippen LogP contribution in [0.3, 0.4) is 0 Å². The zero-order valence-corrected chi connectivity index (χ0v) is 10.4. The second-order valence-electron chi connectivity index (χ2n) is 5.26. The summed E-state index contributed by atoms with van der Waals surface area (Å²) in [6, 6.07) is 0. The van der Waals surface area contributed by atoms with Crippen LogP contribution in [0.2, 0.25) is 5.02 Å². The van der Waals surface area contributed by atoms with E-state index in [1.807, 2.05) is 0 Å². The van der Waals surface area contributed by atoms with Gasteiger partial charge in [0.15, 0.2) is 0 Å². The summed E-state index contributed by atoms with van der Waals surface area (Å²) in [6.45, 7) is 6.89. The predicted octanol–water partition coefficient (Wildman–Crippen LogP) is 2.47. The van der Waals surface area contributed by atoms with Crippen molar-refractivity contribution >= 4 is 17.5 Å². The van der Waals surface area contributed by atoms with Crippen LogP contribution in [0.25, 0.3) is 0 Å². The van der Waals surface area contributed by atoms with Crippen molar-refractivity contribution in [2.75, 3.05) is 18.0 Å². The zero-order valence-electron chi connectivity index (χ0n) is 9.60. The fourth-order valence-corrected chi connectivity index (χ4v) is 3.29. The summed E-state index contributed by atoms with van der Waals surface area (Å²) in [5, 5.41) is 0.605. The fraction of sp³-hybridized carbons (Fsp3) is 0.667. The minimum Gasteiger partial charge on any atom is -0.340 e. The van der Waals surface area contributed by atoms with Crippen molar-refractivity contribution in [2.24, 2.45) is 23.7 Å². The highest BCUT2D eigenvalue weighted by molar-refractivity contribution is 6.30. The molecule has 0 N–H and O–H groups in total. The molecule has 1 aliphatic heterocycles. The first-order valence-corrected chi connectivity index (χ1v) is 6.27. The van der Waals surface area contributed by atoms with Crippen molar-refractivity contribution in [3.63, 3.8) is 0 Å². The lowest BCUT2D eigenvalue weighted by molar-refractivity contribution is 0.478. The van der Waals surface area contributed by atoms with E-state index in [-0.39, 0.29) is 0 Å². The molecule has 2 atom stereocenters. The first-order valence-electron chi connectivity index (χ1n) is 5.89. The number of aromatic nitrogens is 2. The maximum absolute atomic E-state index is 5.78. The second kappa shape index (κ2) is 3.59. The van der Waals surface area contributed by atoms with E-state index in [0.29, 0.717) is 5.02 Å². The van der Waals surface area contributed by atoms with Crippen molar-refractivity contribution in [1.29, 1.82) is 0 Å². The van der Waals surface area contributed by atoms with E-state index in [2.05, 4.69) is 28.7 Å². The highest BCUT2D eigenvalue weighted by Crippen LogP contribution is 2.55. The van der Waals surface area contributed by atoms with Crippen molar-refractivity contribution in [3.05, 3.63) is 17.4 Å². The summed E-state index contributed by atoms with van der Waals surface area (Å²) in [7, 11) is 0. The summed E-state index contributed by atoms with van der Waals surface area (Å²) in [5.74, 6) is 4.34. The molecule has 2 unspecified atom stereocenters. The van der Waals surface area contributed by atoms with Crippen molar-refractivity contribution in [1.82, 2.24) is 9.97 Å². The lowest BCUT2D eigenvalue weighted by atomic mass is 10.1. The number of fused-ring (bicyclic) bond motifs is 1. The molecule has 4 heteroatoms. The summed E-state index contributed by atoms with van der Waals surface area (Å²) in [4.78, 5) is 10.8. The highest BCUT2D eigenvalue weighted by atomic mass is 35.5. The topological polar surface area (TPSA) is 29.0 Å². The second-order valence-corrected chi connectivity index (χ2v) is 5.69. The SMILES string of the molecule is CC(C)C1C2CN(c3ncc(Cl)cn3)CC21. The summed E-state index contributed by atoms with van der Waals surface area (Å²) in [6.07, 6.45) is 3.35. The van der Waals surface area contributed by atoms with Crippen LogP contribution in [0, 0.1) is 23.7 Å². The normalized spacial score (nSPS) is 32.0. The van der Waals surface area contributed by atoms with Crippen LogP contribution in [0.5, 0.6) is 0 Å². The van der Waals surface area contributed by atoms with Gasteiger partial charge < -0.3 is 4.90 Å². The molecule has 0 spiro atoms. The Morgan fingerprint density at radius 2 is 1.81 bits per heavy atom. The third-order valence-corrected chi connectivity index (χ3v) is 4.11. The first kappa shape index (κ1) is 10.3. The Hall–Kier alpha value is -0.830. The Morgan fingerprint density at radius 1 is 1.25 bits per heavy atom. The summed E-state index contributed by atoms with van der Waals surface area (Å²) >= 11 is 5.78. The summed E-state index contributed by atoms with van der Waals surface area (Å²) in [5.41, 5.74) is 0. The van der Waals surface area contributed by atoms with Gasteiger partial charge in [-0.25, -0.2) is 9.97 Å². The van der Waals surface area contributed by atoms with Crippen molar-refractivity contribution in [2.45, 2.75) is 13.8 Å². The van der Waals surface area contributed by atoms with Crippen LogP contribution in [-0.4, -0.2) is 23.1 Å². The molecule has 0 amide bonds. The van der Waals surface area contributed by atoms with Crippen LogP contribution in [-0.2, 0) is 0 Å².